The Bertz CT molecular complexity index is 2670. The van der Waals surface area contributed by atoms with Crippen LogP contribution in [0.15, 0.2) is 78.1 Å². The van der Waals surface area contributed by atoms with Crippen LogP contribution in [0.4, 0.5) is 5.82 Å². The van der Waals surface area contributed by atoms with E-state index in [0.29, 0.717) is 24.8 Å². The fraction of sp³-hybridized carbons (Fsp3) is 0.222. The summed E-state index contributed by atoms with van der Waals surface area (Å²) in [4.78, 5) is 32.9. The van der Waals surface area contributed by atoms with E-state index < -0.39 is 0 Å². The first kappa shape index (κ1) is 46.8. The quantitative estimate of drug-likeness (QED) is 0.0905. The minimum atomic E-state index is -0.0594. The van der Waals surface area contributed by atoms with E-state index in [2.05, 4.69) is 177 Å². The molecule has 0 unspecified atom stereocenters. The molecule has 0 atom stereocenters. The van der Waals surface area contributed by atoms with Crippen molar-refractivity contribution in [3.8, 4) is 131 Å². The number of nitrogens with two attached hydrogens (primary N) is 1. The number of carbonyl (C=O) groups is 1. The predicted octanol–water partition coefficient (Wildman–Crippen LogP) is 7.01. The number of hydrogen-bond acceptors (Lipinski definition) is 8. The smallest absolute Gasteiger partial charge is 0.251 e. The summed E-state index contributed by atoms with van der Waals surface area (Å²) >= 11 is 0. The molecule has 60 heavy (non-hydrogen) atoms. The molecular formula is C45H59N13O2. The fourth-order valence-electron chi connectivity index (χ4n) is 4.80. The van der Waals surface area contributed by atoms with Crippen molar-refractivity contribution in [1.29, 1.82) is 5.53 Å². The molecule has 1 aromatic carbocycles. The van der Waals surface area contributed by atoms with Crippen molar-refractivity contribution in [2.45, 2.75) is 26.3 Å². The normalized spacial score (nSPS) is 11.8. The Balaban J connectivity index is -0.0000000785. The summed E-state index contributed by atoms with van der Waals surface area (Å²) in [5.41, 5.74) is 15.5. The minimum Gasteiger partial charge on any atom is -0.383 e. The van der Waals surface area contributed by atoms with Gasteiger partial charge < -0.3 is 21.3 Å². The van der Waals surface area contributed by atoms with Crippen LogP contribution in [0.5, 0.6) is 0 Å². The van der Waals surface area contributed by atoms with Gasteiger partial charge in [-0.2, -0.15) is 5.53 Å². The summed E-state index contributed by atoms with van der Waals surface area (Å²) in [6.45, 7) is 6.04. The Hall–Kier alpha value is -9.37. The van der Waals surface area contributed by atoms with E-state index in [1.807, 2.05) is 36.5 Å². The van der Waals surface area contributed by atoms with Gasteiger partial charge in [-0.1, -0.05) is 12.1 Å². The molecule has 0 bridgehead atoms. The van der Waals surface area contributed by atoms with Crippen LogP contribution >= 0.6 is 0 Å². The number of likely N-dealkylation sites (tertiary alicyclic amines) is 1. The number of carbonyl (C=O) groups excluding carboxylic acids is 1. The lowest BCUT2D eigenvalue weighted by atomic mass is 9.97. The maximum absolute atomic E-state index is 12.9. The van der Waals surface area contributed by atoms with Crippen LogP contribution in [-0.2, 0) is 11.3 Å². The second kappa shape index (κ2) is 29.9. The predicted molar refractivity (Wildman–Crippen MR) is 257 cm³/mol. The zero-order chi connectivity index (χ0) is 43.5. The number of allylic oxidation sites excluding steroid dienone is 1. The van der Waals surface area contributed by atoms with Gasteiger partial charge in [0.25, 0.3) is 5.91 Å². The highest BCUT2D eigenvalue weighted by Crippen LogP contribution is 2.21. The third kappa shape index (κ3) is 19.8. The molecule has 5 N–H and O–H groups in total. The summed E-state index contributed by atoms with van der Waals surface area (Å²) in [5.74, 6) is 49.3. The lowest BCUT2D eigenvalue weighted by Crippen LogP contribution is -2.36. The lowest BCUT2D eigenvalue weighted by molar-refractivity contribution is -0.117. The van der Waals surface area contributed by atoms with Gasteiger partial charge in [0.05, 0.1) is 23.5 Å². The molecule has 0 saturated carbocycles. The number of piperidine rings is 1. The molecular weight excluding hydrogens is 755 g/mol. The van der Waals surface area contributed by atoms with Crippen LogP contribution in [0.3, 0.4) is 0 Å². The van der Waals surface area contributed by atoms with Crippen molar-refractivity contribution in [3.05, 3.63) is 52.2 Å². The first-order chi connectivity index (χ1) is 29.3. The average Bonchev–Trinajstić information content (AvgIpc) is 3.64. The third-order valence-electron chi connectivity index (χ3n) is 7.54. The Morgan fingerprint density at radius 3 is 1.90 bits per heavy atom. The standard InChI is InChI=1S/C23H30N6O.C22H2.HN7O.13H2/c1-15-21(27-12-16-6-9-29(2)10-7-16)20(14-26-15)23(30)28-13-17-3-4-19-18(11-17)5-8-25-22(19)24;1-3-5-7-9-11-13-15-17-19-21-22-20-18-16-14-12-10-8-6-4-2;1-2-3-4-5-6-7-8;;;;;;;;;;;;;/h3-5,8,11,16,27H,6-7,9-10,12-14H2,1-2H3,(H2,24,25)(H,28,30);1-2H;1H;13*1H/b;;2-1?,4-3+,6-5+;;;;;;;;;;;;;. The van der Waals surface area contributed by atoms with E-state index in [0.717, 1.165) is 53.0 Å². The van der Waals surface area contributed by atoms with Gasteiger partial charge in [-0.25, -0.2) is 4.98 Å². The number of anilines is 1. The van der Waals surface area contributed by atoms with E-state index in [9.17, 15) is 4.79 Å². The molecule has 1 amide bonds. The van der Waals surface area contributed by atoms with E-state index in [1.165, 1.54) is 12.8 Å². The molecule has 0 aliphatic carbocycles. The van der Waals surface area contributed by atoms with Crippen molar-refractivity contribution in [1.82, 2.24) is 20.5 Å². The SMILES string of the molecule is C#CC#CC#CC#CC#CC#CC#CC#CC#CC#CC#C.CC1=NCC(C(=O)NCc2ccc3c(N)nccc3c2)=C1NCC1CCN(C)CC1.N=N/N=N/N=N/N=O.[HH].[HH].[HH].[HH].[HH].[HH].[HH].[HH].[HH].[HH].[HH].[HH].[HH]. The summed E-state index contributed by atoms with van der Waals surface area (Å²) in [6.07, 6.45) is 13.9. The van der Waals surface area contributed by atoms with Gasteiger partial charge in [0.1, 0.15) is 11.1 Å². The molecule has 2 aromatic rings. The van der Waals surface area contributed by atoms with Gasteiger partial charge in [0.2, 0.25) is 0 Å². The van der Waals surface area contributed by atoms with Crippen molar-refractivity contribution >= 4 is 28.2 Å². The Morgan fingerprint density at radius 2 is 1.38 bits per heavy atom. The van der Waals surface area contributed by atoms with Crippen molar-refractivity contribution in [2.75, 3.05) is 39.0 Å². The van der Waals surface area contributed by atoms with E-state index >= 15 is 0 Å². The molecule has 0 spiro atoms. The Morgan fingerprint density at radius 1 is 0.850 bits per heavy atom. The summed E-state index contributed by atoms with van der Waals surface area (Å²) < 4.78 is 0. The number of nitroso groups, excluding NO2 is 1. The van der Waals surface area contributed by atoms with Gasteiger partial charge >= 0.3 is 0 Å². The van der Waals surface area contributed by atoms with Gasteiger partial charge in [0.15, 0.2) is 0 Å². The zero-order valence-corrected chi connectivity index (χ0v) is 32.5. The van der Waals surface area contributed by atoms with E-state index in [-0.39, 0.29) is 24.5 Å². The van der Waals surface area contributed by atoms with Gasteiger partial charge in [-0.3, -0.25) is 9.79 Å². The second-order valence-corrected chi connectivity index (χ2v) is 11.4. The number of benzene rings is 1. The summed E-state index contributed by atoms with van der Waals surface area (Å²) in [7, 11) is 2.17. The van der Waals surface area contributed by atoms with Crippen LogP contribution in [0.1, 0.15) is 43.9 Å². The number of nitrogen functional groups attached to an aromatic ring is 1. The number of pyridine rings is 1. The Kier molecular flexibility index (Phi) is 23.3. The van der Waals surface area contributed by atoms with Crippen LogP contribution in [0.2, 0.25) is 0 Å². The first-order valence-electron chi connectivity index (χ1n) is 17.3. The number of aromatic nitrogens is 1. The number of rotatable bonds is 9. The second-order valence-electron chi connectivity index (χ2n) is 11.4. The van der Waals surface area contributed by atoms with E-state index in [4.69, 9.17) is 29.0 Å². The van der Waals surface area contributed by atoms with Crippen molar-refractivity contribution < 1.29 is 23.3 Å². The lowest BCUT2D eigenvalue weighted by Gasteiger charge is -2.29. The number of hydrogen-bond donors (Lipinski definition) is 4. The van der Waals surface area contributed by atoms with Crippen LogP contribution < -0.4 is 16.4 Å². The van der Waals surface area contributed by atoms with Crippen molar-refractivity contribution in [2.24, 2.45) is 42.3 Å². The largest absolute Gasteiger partial charge is 0.383 e. The number of nitrogens with zero attached hydrogens (tertiary/aromatic N) is 9. The maximum atomic E-state index is 12.9. The van der Waals surface area contributed by atoms with Crippen LogP contribution in [0.25, 0.3) is 10.8 Å². The van der Waals surface area contributed by atoms with Crippen molar-refractivity contribution in [3.63, 3.8) is 0 Å². The molecule has 1 aromatic heterocycles. The van der Waals surface area contributed by atoms with Crippen LogP contribution in [0, 0.1) is 148 Å². The molecule has 1 fully saturated rings. The number of terminal acetylenes is 2. The molecule has 3 heterocycles. The summed E-state index contributed by atoms with van der Waals surface area (Å²) in [6, 6.07) is 7.90. The third-order valence-corrected chi connectivity index (χ3v) is 7.54. The van der Waals surface area contributed by atoms with Gasteiger partial charge in [0, 0.05) is 77.3 Å². The number of fused-ring (bicyclic) bond motifs is 1. The Labute approximate surface area is 368 Å². The molecule has 15 heteroatoms. The average molecular weight is 814 g/mol. The fourth-order valence-corrected chi connectivity index (χ4v) is 4.80. The van der Waals surface area contributed by atoms with E-state index in [1.54, 1.807) is 6.20 Å². The molecule has 1 saturated heterocycles. The number of nitrogens with one attached hydrogen (secondary N) is 3. The first-order valence-corrected chi connectivity index (χ1v) is 17.3. The zero-order valence-electron chi connectivity index (χ0n) is 32.5. The number of amides is 1. The molecule has 2 aliphatic heterocycles. The molecule has 4 rings (SSSR count). The monoisotopic (exact) mass is 813 g/mol. The minimum absolute atomic E-state index is 0. The number of aliphatic imine (C=N–C) groups is 1. The molecule has 15 nitrogen and oxygen atoms in total. The summed E-state index contributed by atoms with van der Waals surface area (Å²) in [5, 5.41) is 23.5. The van der Waals surface area contributed by atoms with Gasteiger partial charge in [-0.15, -0.1) is 17.8 Å². The molecule has 2 aliphatic rings. The highest BCUT2D eigenvalue weighted by molar-refractivity contribution is 6.09. The highest BCUT2D eigenvalue weighted by Gasteiger charge is 2.24. The molecule has 316 valence electrons. The highest BCUT2D eigenvalue weighted by atomic mass is 16.3. The van der Waals surface area contributed by atoms with Gasteiger partial charge in [-0.05, 0) is 179 Å². The molecule has 0 radical (unpaired) electrons. The topological polar surface area (TPSA) is 211 Å². The maximum Gasteiger partial charge on any atom is 0.251 e. The van der Waals surface area contributed by atoms with Crippen LogP contribution in [-0.4, -0.2) is 54.7 Å².